The first kappa shape index (κ1) is 18.8. The van der Waals surface area contributed by atoms with Crippen LogP contribution in [0.25, 0.3) is 11.1 Å². The summed E-state index contributed by atoms with van der Waals surface area (Å²) in [6.07, 6.45) is 13.0. The molecule has 129 valence electrons. The lowest BCUT2D eigenvalue weighted by Crippen LogP contribution is -1.99. The van der Waals surface area contributed by atoms with E-state index in [2.05, 4.69) is 62.4 Å². The van der Waals surface area contributed by atoms with E-state index in [1.54, 1.807) is 5.56 Å². The molecule has 0 atom stereocenters. The van der Waals surface area contributed by atoms with Gasteiger partial charge in [0, 0.05) is 0 Å². The maximum atomic E-state index is 3.56. The van der Waals surface area contributed by atoms with E-state index in [0.717, 1.165) is 0 Å². The van der Waals surface area contributed by atoms with E-state index >= 15 is 0 Å². The summed E-state index contributed by atoms with van der Waals surface area (Å²) < 4.78 is 0. The predicted molar refractivity (Wildman–Crippen MR) is 106 cm³/mol. The molecule has 0 saturated carbocycles. The van der Waals surface area contributed by atoms with Crippen molar-refractivity contribution in [3.8, 4) is 11.1 Å². The molecule has 0 nitrogen and oxygen atoms in total. The third-order valence-corrected chi connectivity index (χ3v) is 4.84. The highest BCUT2D eigenvalue weighted by atomic mass is 14.1. The van der Waals surface area contributed by atoms with Gasteiger partial charge in [-0.25, -0.2) is 0 Å². The first-order chi connectivity index (χ1) is 11.9. The lowest BCUT2D eigenvalue weighted by atomic mass is 9.89. The van der Waals surface area contributed by atoms with Crippen molar-refractivity contribution in [2.75, 3.05) is 0 Å². The quantitative estimate of drug-likeness (QED) is 0.378. The van der Waals surface area contributed by atoms with E-state index in [0.29, 0.717) is 0 Å². The van der Waals surface area contributed by atoms with E-state index in [4.69, 9.17) is 0 Å². The van der Waals surface area contributed by atoms with E-state index in [1.165, 1.54) is 80.9 Å². The van der Waals surface area contributed by atoms with Gasteiger partial charge in [0.05, 0.1) is 0 Å². The van der Waals surface area contributed by atoms with Crippen LogP contribution >= 0.6 is 0 Å². The molecule has 0 aliphatic carbocycles. The van der Waals surface area contributed by atoms with Crippen molar-refractivity contribution in [3.63, 3.8) is 0 Å². The highest BCUT2D eigenvalue weighted by Gasteiger charge is 2.10. The van der Waals surface area contributed by atoms with Gasteiger partial charge in [0.2, 0.25) is 0 Å². The van der Waals surface area contributed by atoms with Gasteiger partial charge >= 0.3 is 0 Å². The highest BCUT2D eigenvalue weighted by molar-refractivity contribution is 5.68. The summed E-state index contributed by atoms with van der Waals surface area (Å²) in [5, 5.41) is 0. The Balaban J connectivity index is 2.18. The Morgan fingerprint density at radius 2 is 1.38 bits per heavy atom. The Morgan fingerprint density at radius 1 is 0.708 bits per heavy atom. The van der Waals surface area contributed by atoms with Crippen LogP contribution in [0.2, 0.25) is 0 Å². The van der Waals surface area contributed by atoms with Crippen LogP contribution in [0.3, 0.4) is 0 Å². The summed E-state index contributed by atoms with van der Waals surface area (Å²) in [5.41, 5.74) is 5.79. The minimum Gasteiger partial charge on any atom is -0.0654 e. The van der Waals surface area contributed by atoms with Crippen molar-refractivity contribution in [1.29, 1.82) is 0 Å². The van der Waals surface area contributed by atoms with E-state index in [1.807, 2.05) is 0 Å². The summed E-state index contributed by atoms with van der Waals surface area (Å²) in [6.45, 7) is 4.56. The van der Waals surface area contributed by atoms with Crippen LogP contribution in [-0.4, -0.2) is 0 Å². The van der Waals surface area contributed by atoms with Gasteiger partial charge in [-0.15, -0.1) is 0 Å². The van der Waals surface area contributed by atoms with Crippen LogP contribution in [0.15, 0.2) is 42.5 Å². The SMILES string of the molecule is CCCCCCc1[c]ccc(-c2ccccc2)c1CCCCCC. The smallest absolute Gasteiger partial charge is 0.0146 e. The molecule has 0 spiro atoms. The zero-order chi connectivity index (χ0) is 17.0. The summed E-state index contributed by atoms with van der Waals surface area (Å²) >= 11 is 0. The van der Waals surface area contributed by atoms with Gasteiger partial charge in [0.15, 0.2) is 0 Å². The van der Waals surface area contributed by atoms with E-state index in [-0.39, 0.29) is 0 Å². The molecule has 0 fully saturated rings. The van der Waals surface area contributed by atoms with Gasteiger partial charge in [0.1, 0.15) is 0 Å². The Kier molecular flexibility index (Phi) is 8.66. The molecule has 0 aliphatic heterocycles. The zero-order valence-electron chi connectivity index (χ0n) is 15.6. The van der Waals surface area contributed by atoms with E-state index in [9.17, 15) is 0 Å². The number of aryl methyl sites for hydroxylation is 1. The molecule has 0 aromatic heterocycles. The average molecular weight is 322 g/mol. The number of hydrogen-bond acceptors (Lipinski definition) is 0. The summed E-state index contributed by atoms with van der Waals surface area (Å²) in [7, 11) is 0. The molecule has 1 radical (unpaired) electrons. The second kappa shape index (κ2) is 11.1. The molecule has 2 aromatic carbocycles. The highest BCUT2D eigenvalue weighted by Crippen LogP contribution is 2.29. The average Bonchev–Trinajstić information content (AvgIpc) is 2.63. The van der Waals surface area contributed by atoms with Gasteiger partial charge in [-0.05, 0) is 54.0 Å². The molecule has 0 unspecified atom stereocenters. The van der Waals surface area contributed by atoms with Crippen LogP contribution in [0, 0.1) is 6.07 Å². The van der Waals surface area contributed by atoms with Crippen molar-refractivity contribution in [3.05, 3.63) is 59.7 Å². The summed E-state index contributed by atoms with van der Waals surface area (Å²) in [4.78, 5) is 0. The lowest BCUT2D eigenvalue weighted by molar-refractivity contribution is 0.651. The van der Waals surface area contributed by atoms with Crippen molar-refractivity contribution in [2.24, 2.45) is 0 Å². The molecule has 0 amide bonds. The monoisotopic (exact) mass is 321 g/mol. The van der Waals surface area contributed by atoms with Crippen LogP contribution in [0.4, 0.5) is 0 Å². The Hall–Kier alpha value is -1.56. The molecule has 2 rings (SSSR count). The van der Waals surface area contributed by atoms with Crippen molar-refractivity contribution >= 4 is 0 Å². The summed E-state index contributed by atoms with van der Waals surface area (Å²) in [6, 6.07) is 18.8. The molecule has 2 aromatic rings. The number of unbranched alkanes of at least 4 members (excludes halogenated alkanes) is 6. The fourth-order valence-electron chi connectivity index (χ4n) is 3.43. The second-order valence-electron chi connectivity index (χ2n) is 6.84. The molecular weight excluding hydrogens is 288 g/mol. The minimum absolute atomic E-state index is 1.18. The molecule has 0 N–H and O–H groups in total. The number of hydrogen-bond donors (Lipinski definition) is 0. The maximum absolute atomic E-state index is 3.56. The second-order valence-corrected chi connectivity index (χ2v) is 6.84. The molecule has 0 heterocycles. The van der Waals surface area contributed by atoms with Gasteiger partial charge < -0.3 is 0 Å². The van der Waals surface area contributed by atoms with Crippen LogP contribution in [0.1, 0.15) is 76.3 Å². The molecule has 0 heteroatoms. The molecule has 24 heavy (non-hydrogen) atoms. The van der Waals surface area contributed by atoms with Crippen molar-refractivity contribution in [1.82, 2.24) is 0 Å². The van der Waals surface area contributed by atoms with Crippen molar-refractivity contribution in [2.45, 2.75) is 78.1 Å². The predicted octanol–water partition coefficient (Wildman–Crippen LogP) is 7.40. The zero-order valence-corrected chi connectivity index (χ0v) is 15.6. The van der Waals surface area contributed by atoms with Gasteiger partial charge in [0.25, 0.3) is 0 Å². The molecule has 0 saturated heterocycles. The molecular formula is C24H33. The standard InChI is InChI=1S/C24H33/c1-3-5-7-10-15-22-18-14-20-24(21-16-11-9-12-17-21)23(22)19-13-8-6-4-2/h9,11-12,14,16-17,20H,3-8,10,13,15,19H2,1-2H3. The minimum atomic E-state index is 1.18. The normalized spacial score (nSPS) is 10.9. The van der Waals surface area contributed by atoms with Crippen molar-refractivity contribution < 1.29 is 0 Å². The maximum Gasteiger partial charge on any atom is -0.0146 e. The topological polar surface area (TPSA) is 0 Å². The molecule has 0 bridgehead atoms. The third-order valence-electron chi connectivity index (χ3n) is 4.84. The number of rotatable bonds is 11. The Bertz CT molecular complexity index is 568. The fraction of sp³-hybridized carbons (Fsp3) is 0.500. The Labute approximate surface area is 149 Å². The van der Waals surface area contributed by atoms with Gasteiger partial charge in [-0.3, -0.25) is 0 Å². The number of benzene rings is 2. The summed E-state index contributed by atoms with van der Waals surface area (Å²) in [5.74, 6) is 0. The van der Waals surface area contributed by atoms with E-state index < -0.39 is 0 Å². The van der Waals surface area contributed by atoms with Crippen LogP contribution in [-0.2, 0) is 12.8 Å². The third kappa shape index (κ3) is 5.82. The van der Waals surface area contributed by atoms with Crippen LogP contribution < -0.4 is 0 Å². The first-order valence-electron chi connectivity index (χ1n) is 9.94. The molecule has 0 aliphatic rings. The fourth-order valence-corrected chi connectivity index (χ4v) is 3.43. The largest absolute Gasteiger partial charge is 0.0654 e. The van der Waals surface area contributed by atoms with Gasteiger partial charge in [-0.1, -0.05) is 94.8 Å². The first-order valence-corrected chi connectivity index (χ1v) is 9.94. The lowest BCUT2D eigenvalue weighted by Gasteiger charge is -2.15. The van der Waals surface area contributed by atoms with Crippen LogP contribution in [0.5, 0.6) is 0 Å². The Morgan fingerprint density at radius 3 is 2.04 bits per heavy atom. The van der Waals surface area contributed by atoms with Gasteiger partial charge in [-0.2, -0.15) is 0 Å².